The zero-order valence-corrected chi connectivity index (χ0v) is 10.4. The molecule has 0 unspecified atom stereocenters. The molecule has 2 aromatic rings. The molecule has 0 aliphatic heterocycles. The summed E-state index contributed by atoms with van der Waals surface area (Å²) in [6.07, 6.45) is 1.38. The molecule has 0 saturated heterocycles. The number of imidazole rings is 1. The lowest BCUT2D eigenvalue weighted by molar-refractivity contribution is -0.849. The van der Waals surface area contributed by atoms with Crippen molar-refractivity contribution in [3.8, 4) is 0 Å². The lowest BCUT2D eigenvalue weighted by atomic mass is 10.3. The molecule has 1 heterocycles. The highest BCUT2D eigenvalue weighted by Crippen LogP contribution is 2.16. The van der Waals surface area contributed by atoms with Crippen molar-refractivity contribution in [2.24, 2.45) is 0 Å². The fourth-order valence-electron chi connectivity index (χ4n) is 0.991. The Morgan fingerprint density at radius 1 is 1.29 bits per heavy atom. The van der Waals surface area contributed by atoms with Crippen molar-refractivity contribution in [3.05, 3.63) is 34.6 Å². The van der Waals surface area contributed by atoms with Crippen LogP contribution in [-0.2, 0) is 0 Å². The summed E-state index contributed by atoms with van der Waals surface area (Å²) < 4.78 is 1.00. The highest BCUT2D eigenvalue weighted by molar-refractivity contribution is 5.76. The summed E-state index contributed by atoms with van der Waals surface area (Å²) in [4.78, 5) is 17.6. The molecule has 6 heteroatoms. The summed E-state index contributed by atoms with van der Waals surface area (Å²) in [6, 6.07) is 4.40. The van der Waals surface area contributed by atoms with Crippen LogP contribution in [0.4, 0.5) is 5.69 Å². The number of aromatic nitrogens is 2. The number of fused-ring (bicyclic) bond motifs is 1. The molecule has 17 heavy (non-hydrogen) atoms. The standard InChI is InChI=1S/C7H4N3O2.C4H12N/c11-10(12)5-1-2-6-7(3-5)9-4-8-6;1-5(2,3)4/h1-4H;1-4H3/q-1;+1. The molecule has 1 aromatic heterocycles. The van der Waals surface area contributed by atoms with Gasteiger partial charge in [0.2, 0.25) is 0 Å². The molecular weight excluding hydrogens is 220 g/mol. The maximum absolute atomic E-state index is 10.3. The largest absolute Gasteiger partial charge is 0.443 e. The number of hydrogen-bond acceptors (Lipinski definition) is 3. The topological polar surface area (TPSA) is 70.1 Å². The summed E-state index contributed by atoms with van der Waals surface area (Å²) in [6.45, 7) is 0. The Morgan fingerprint density at radius 2 is 1.88 bits per heavy atom. The zero-order valence-electron chi connectivity index (χ0n) is 10.4. The minimum atomic E-state index is -0.450. The number of nitro groups is 1. The van der Waals surface area contributed by atoms with Crippen LogP contribution in [0.2, 0.25) is 0 Å². The molecule has 0 saturated carbocycles. The Hall–Kier alpha value is -1.95. The average molecular weight is 236 g/mol. The first-order valence-electron chi connectivity index (χ1n) is 5.08. The first kappa shape index (κ1) is 13.1. The van der Waals surface area contributed by atoms with Crippen molar-refractivity contribution in [3.63, 3.8) is 0 Å². The summed E-state index contributed by atoms with van der Waals surface area (Å²) in [7, 11) is 8.50. The number of rotatable bonds is 1. The Labute approximate surface area is 99.6 Å². The lowest BCUT2D eigenvalue weighted by Crippen LogP contribution is -2.27. The molecule has 0 atom stereocenters. The van der Waals surface area contributed by atoms with E-state index in [0.29, 0.717) is 11.0 Å². The summed E-state index contributed by atoms with van der Waals surface area (Å²) >= 11 is 0. The van der Waals surface area contributed by atoms with E-state index in [0.717, 1.165) is 4.48 Å². The molecule has 0 fully saturated rings. The van der Waals surface area contributed by atoms with Crippen molar-refractivity contribution in [1.29, 1.82) is 0 Å². The fraction of sp³-hybridized carbons (Fsp3) is 0.364. The van der Waals surface area contributed by atoms with Gasteiger partial charge in [-0.15, -0.1) is 0 Å². The van der Waals surface area contributed by atoms with E-state index in [1.807, 2.05) is 0 Å². The number of benzene rings is 1. The van der Waals surface area contributed by atoms with Crippen LogP contribution in [0.25, 0.3) is 11.0 Å². The van der Waals surface area contributed by atoms with Gasteiger partial charge in [0.1, 0.15) is 0 Å². The predicted octanol–water partition coefficient (Wildman–Crippen LogP) is 1.42. The van der Waals surface area contributed by atoms with E-state index in [9.17, 15) is 10.1 Å². The summed E-state index contributed by atoms with van der Waals surface area (Å²) in [5, 5.41) is 10.3. The van der Waals surface area contributed by atoms with Crippen LogP contribution in [0.3, 0.4) is 0 Å². The molecule has 0 radical (unpaired) electrons. The number of hydrogen-bond donors (Lipinski definition) is 0. The van der Waals surface area contributed by atoms with Crippen LogP contribution in [0, 0.1) is 10.1 Å². The Morgan fingerprint density at radius 3 is 2.41 bits per heavy atom. The SMILES string of the molecule is C[N+](C)(C)C.O=[N+]([O-])c1ccc2[n-]cnc2c1. The normalized spacial score (nSPS) is 10.8. The first-order valence-corrected chi connectivity index (χ1v) is 5.08. The molecule has 0 bridgehead atoms. The Bertz CT molecular complexity index is 507. The average Bonchev–Trinajstić information content (AvgIpc) is 2.60. The fourth-order valence-corrected chi connectivity index (χ4v) is 0.991. The van der Waals surface area contributed by atoms with Crippen molar-refractivity contribution in [2.75, 3.05) is 28.2 Å². The molecule has 0 amide bonds. The van der Waals surface area contributed by atoms with Crippen LogP contribution >= 0.6 is 0 Å². The van der Waals surface area contributed by atoms with Crippen LogP contribution < -0.4 is 4.98 Å². The third-order valence-electron chi connectivity index (χ3n) is 1.56. The third kappa shape index (κ3) is 4.60. The highest BCUT2D eigenvalue weighted by atomic mass is 16.6. The predicted molar refractivity (Wildman–Crippen MR) is 65.7 cm³/mol. The van der Waals surface area contributed by atoms with Gasteiger partial charge in [0.15, 0.2) is 0 Å². The summed E-state index contributed by atoms with van der Waals surface area (Å²) in [5.74, 6) is 0. The van der Waals surface area contributed by atoms with E-state index in [2.05, 4.69) is 38.2 Å². The second-order valence-corrected chi connectivity index (χ2v) is 4.99. The summed E-state index contributed by atoms with van der Waals surface area (Å²) in [5.41, 5.74) is 1.29. The van der Waals surface area contributed by atoms with E-state index >= 15 is 0 Å². The second kappa shape index (κ2) is 4.92. The van der Waals surface area contributed by atoms with E-state index in [4.69, 9.17) is 0 Å². The van der Waals surface area contributed by atoms with Gasteiger partial charge >= 0.3 is 0 Å². The van der Waals surface area contributed by atoms with Crippen LogP contribution in [0.15, 0.2) is 24.5 Å². The molecule has 92 valence electrons. The van der Waals surface area contributed by atoms with Gasteiger partial charge < -0.3 is 14.5 Å². The van der Waals surface area contributed by atoms with Gasteiger partial charge in [-0.1, -0.05) is 12.4 Å². The highest BCUT2D eigenvalue weighted by Gasteiger charge is 2.02. The second-order valence-electron chi connectivity index (χ2n) is 4.99. The van der Waals surface area contributed by atoms with Gasteiger partial charge in [0.25, 0.3) is 5.69 Å². The van der Waals surface area contributed by atoms with Gasteiger partial charge in [0, 0.05) is 12.1 Å². The van der Waals surface area contributed by atoms with Crippen molar-refractivity contribution in [1.82, 2.24) is 9.97 Å². The van der Waals surface area contributed by atoms with Gasteiger partial charge in [-0.3, -0.25) is 10.1 Å². The van der Waals surface area contributed by atoms with Crippen molar-refractivity contribution >= 4 is 16.7 Å². The van der Waals surface area contributed by atoms with E-state index in [1.54, 1.807) is 6.07 Å². The van der Waals surface area contributed by atoms with Gasteiger partial charge in [-0.05, 0) is 11.0 Å². The molecule has 0 N–H and O–H groups in total. The Kier molecular flexibility index (Phi) is 3.80. The molecule has 1 aromatic carbocycles. The van der Waals surface area contributed by atoms with Gasteiger partial charge in [-0.2, -0.15) is 0 Å². The third-order valence-corrected chi connectivity index (χ3v) is 1.56. The molecule has 0 aliphatic rings. The maximum atomic E-state index is 10.3. The smallest absolute Gasteiger partial charge is 0.269 e. The van der Waals surface area contributed by atoms with Crippen LogP contribution in [0.1, 0.15) is 0 Å². The van der Waals surface area contributed by atoms with Crippen LogP contribution in [0.5, 0.6) is 0 Å². The Balaban J connectivity index is 0.000000249. The number of non-ortho nitro benzene ring substituents is 1. The molecule has 6 nitrogen and oxygen atoms in total. The zero-order chi connectivity index (χ0) is 13.1. The van der Waals surface area contributed by atoms with Gasteiger partial charge in [-0.25, -0.2) is 0 Å². The molecule has 0 aliphatic carbocycles. The first-order chi connectivity index (χ1) is 7.77. The van der Waals surface area contributed by atoms with Crippen LogP contribution in [-0.4, -0.2) is 42.6 Å². The van der Waals surface area contributed by atoms with Crippen molar-refractivity contribution in [2.45, 2.75) is 0 Å². The minimum absolute atomic E-state index is 0.0444. The molecular formula is C11H16N4O2. The molecule has 2 rings (SSSR count). The van der Waals surface area contributed by atoms with E-state index < -0.39 is 4.92 Å². The van der Waals surface area contributed by atoms with Gasteiger partial charge in [0.05, 0.1) is 33.1 Å². The monoisotopic (exact) mass is 236 g/mol. The quantitative estimate of drug-likeness (QED) is 0.426. The lowest BCUT2D eigenvalue weighted by Gasteiger charge is -2.14. The number of nitrogens with zero attached hydrogens (tertiary/aromatic N) is 4. The maximum Gasteiger partial charge on any atom is 0.269 e. The number of quaternary nitrogens is 1. The number of nitro benzene ring substituents is 1. The van der Waals surface area contributed by atoms with Crippen molar-refractivity contribution < 1.29 is 9.41 Å². The minimum Gasteiger partial charge on any atom is -0.443 e. The van der Waals surface area contributed by atoms with E-state index in [1.165, 1.54) is 18.5 Å². The van der Waals surface area contributed by atoms with E-state index in [-0.39, 0.29) is 5.69 Å². The molecule has 0 spiro atoms.